The van der Waals surface area contributed by atoms with Gasteiger partial charge in [0.15, 0.2) is 0 Å². The van der Waals surface area contributed by atoms with Crippen LogP contribution >= 0.6 is 0 Å². The number of rotatable bonds is 8. The van der Waals surface area contributed by atoms with Crippen molar-refractivity contribution in [2.24, 2.45) is 0 Å². The van der Waals surface area contributed by atoms with Crippen LogP contribution in [0.2, 0.25) is 0 Å². The molecule has 0 heterocycles. The summed E-state index contributed by atoms with van der Waals surface area (Å²) < 4.78 is 11.3. The van der Waals surface area contributed by atoms with E-state index in [-0.39, 0.29) is 5.57 Å². The fourth-order valence-electron chi connectivity index (χ4n) is 2.76. The van der Waals surface area contributed by atoms with Crippen LogP contribution in [-0.2, 0) is 11.4 Å². The number of hydrogen-bond acceptors (Lipinski definition) is 4. The van der Waals surface area contributed by atoms with Gasteiger partial charge in [0.05, 0.1) is 12.3 Å². The molecule has 0 aliphatic carbocycles. The third kappa shape index (κ3) is 5.73. The zero-order valence-corrected chi connectivity index (χ0v) is 16.7. The minimum atomic E-state index is -0.492. The molecule has 0 unspecified atom stereocenters. The molecule has 0 atom stereocenters. The molecule has 0 saturated heterocycles. The van der Waals surface area contributed by atoms with Gasteiger partial charge in [-0.25, -0.2) is 0 Å². The molecule has 0 fully saturated rings. The number of hydrogen-bond donors (Lipinski definition) is 1. The number of nitrogens with zero attached hydrogens (tertiary/aromatic N) is 1. The van der Waals surface area contributed by atoms with Crippen LogP contribution in [0.15, 0.2) is 84.4 Å². The summed E-state index contributed by atoms with van der Waals surface area (Å²) in [7, 11) is 0. The molecule has 0 radical (unpaired) electrons. The third-order valence-electron chi connectivity index (χ3n) is 4.24. The lowest BCUT2D eigenvalue weighted by molar-refractivity contribution is -0.112. The molecule has 0 aromatic heterocycles. The fraction of sp³-hybridized carbons (Fsp3) is 0.120. The van der Waals surface area contributed by atoms with E-state index in [0.717, 1.165) is 11.1 Å². The fourth-order valence-corrected chi connectivity index (χ4v) is 2.76. The summed E-state index contributed by atoms with van der Waals surface area (Å²) in [6.07, 6.45) is 1.54. The first-order valence-corrected chi connectivity index (χ1v) is 9.61. The van der Waals surface area contributed by atoms with Gasteiger partial charge in [-0.2, -0.15) is 5.26 Å². The first-order valence-electron chi connectivity index (χ1n) is 9.61. The molecule has 0 saturated carbocycles. The molecular weight excluding hydrogens is 376 g/mol. The molecule has 1 N–H and O–H groups in total. The Hall–Kier alpha value is -4.04. The Bertz CT molecular complexity index is 1050. The largest absolute Gasteiger partial charge is 0.492 e. The van der Waals surface area contributed by atoms with Crippen molar-refractivity contribution in [2.75, 3.05) is 11.9 Å². The highest BCUT2D eigenvalue weighted by atomic mass is 16.5. The van der Waals surface area contributed by atoms with E-state index < -0.39 is 5.91 Å². The van der Waals surface area contributed by atoms with E-state index in [1.54, 1.807) is 36.4 Å². The topological polar surface area (TPSA) is 71.3 Å². The van der Waals surface area contributed by atoms with Crippen molar-refractivity contribution in [3.63, 3.8) is 0 Å². The maximum Gasteiger partial charge on any atom is 0.266 e. The average molecular weight is 398 g/mol. The quantitative estimate of drug-likeness (QED) is 0.418. The van der Waals surface area contributed by atoms with Crippen LogP contribution < -0.4 is 14.8 Å². The number of nitriles is 1. The van der Waals surface area contributed by atoms with Gasteiger partial charge < -0.3 is 14.8 Å². The van der Waals surface area contributed by atoms with Gasteiger partial charge in [0, 0.05) is 0 Å². The molecule has 30 heavy (non-hydrogen) atoms. The highest BCUT2D eigenvalue weighted by molar-refractivity contribution is 6.10. The van der Waals surface area contributed by atoms with Crippen molar-refractivity contribution < 1.29 is 14.3 Å². The highest BCUT2D eigenvalue weighted by Crippen LogP contribution is 2.24. The van der Waals surface area contributed by atoms with Gasteiger partial charge >= 0.3 is 0 Å². The number of para-hydroxylation sites is 2. The van der Waals surface area contributed by atoms with Crippen LogP contribution in [0.4, 0.5) is 5.69 Å². The van der Waals surface area contributed by atoms with Crippen molar-refractivity contribution >= 4 is 17.7 Å². The van der Waals surface area contributed by atoms with E-state index >= 15 is 0 Å². The monoisotopic (exact) mass is 398 g/mol. The zero-order valence-electron chi connectivity index (χ0n) is 16.7. The van der Waals surface area contributed by atoms with Gasteiger partial charge in [0.25, 0.3) is 5.91 Å². The summed E-state index contributed by atoms with van der Waals surface area (Å²) in [4.78, 5) is 12.5. The Balaban J connectivity index is 1.66. The molecule has 150 valence electrons. The minimum Gasteiger partial charge on any atom is -0.492 e. The molecule has 0 aliphatic rings. The Morgan fingerprint density at radius 2 is 1.67 bits per heavy atom. The van der Waals surface area contributed by atoms with Gasteiger partial charge in [0.2, 0.25) is 0 Å². The van der Waals surface area contributed by atoms with E-state index in [9.17, 15) is 10.1 Å². The second kappa shape index (κ2) is 10.5. The van der Waals surface area contributed by atoms with E-state index in [1.807, 2.05) is 61.5 Å². The Morgan fingerprint density at radius 3 is 2.37 bits per heavy atom. The Labute approximate surface area is 176 Å². The second-order valence-electron chi connectivity index (χ2n) is 6.40. The molecule has 3 rings (SSSR count). The predicted molar refractivity (Wildman–Crippen MR) is 117 cm³/mol. The number of anilines is 1. The van der Waals surface area contributed by atoms with Crippen LogP contribution in [-0.4, -0.2) is 12.5 Å². The van der Waals surface area contributed by atoms with Crippen LogP contribution in [0.1, 0.15) is 18.1 Å². The Kier molecular flexibility index (Phi) is 7.23. The van der Waals surface area contributed by atoms with Crippen molar-refractivity contribution in [2.45, 2.75) is 13.5 Å². The molecule has 3 aromatic rings. The number of nitrogens with one attached hydrogen (secondary N) is 1. The number of carbonyl (C=O) groups excluding carboxylic acids is 1. The molecular formula is C25H22N2O3. The SMILES string of the molecule is CCOc1ccccc1NC(=O)/C(C#N)=C/c1ccc(OCc2ccccc2)cc1. The zero-order chi connectivity index (χ0) is 21.2. The summed E-state index contributed by atoms with van der Waals surface area (Å²) in [5, 5.41) is 12.2. The van der Waals surface area contributed by atoms with E-state index in [0.29, 0.717) is 30.4 Å². The molecule has 5 nitrogen and oxygen atoms in total. The lowest BCUT2D eigenvalue weighted by atomic mass is 10.1. The smallest absolute Gasteiger partial charge is 0.266 e. The third-order valence-corrected chi connectivity index (χ3v) is 4.24. The van der Waals surface area contributed by atoms with Gasteiger partial charge in [-0.05, 0) is 48.4 Å². The first kappa shape index (κ1) is 20.7. The summed E-state index contributed by atoms with van der Waals surface area (Å²) >= 11 is 0. The standard InChI is InChI=1S/C25H22N2O3/c1-2-29-24-11-7-6-10-23(24)27-25(28)21(17-26)16-19-12-14-22(15-13-19)30-18-20-8-4-3-5-9-20/h3-16H,2,18H2,1H3,(H,27,28)/b21-16+. The van der Waals surface area contributed by atoms with Crippen molar-refractivity contribution in [3.05, 3.63) is 95.6 Å². The van der Waals surface area contributed by atoms with Gasteiger partial charge in [0.1, 0.15) is 29.7 Å². The lowest BCUT2D eigenvalue weighted by Crippen LogP contribution is -2.14. The first-order chi connectivity index (χ1) is 14.7. The molecule has 0 spiro atoms. The van der Waals surface area contributed by atoms with Crippen LogP contribution in [0.3, 0.4) is 0 Å². The van der Waals surface area contributed by atoms with Crippen LogP contribution in [0.5, 0.6) is 11.5 Å². The van der Waals surface area contributed by atoms with Crippen molar-refractivity contribution in [1.29, 1.82) is 5.26 Å². The molecule has 0 bridgehead atoms. The summed E-state index contributed by atoms with van der Waals surface area (Å²) in [5.41, 5.74) is 2.33. The maximum atomic E-state index is 12.5. The molecule has 1 amide bonds. The molecule has 3 aromatic carbocycles. The van der Waals surface area contributed by atoms with E-state index in [2.05, 4.69) is 5.32 Å². The summed E-state index contributed by atoms with van der Waals surface area (Å²) in [6.45, 7) is 2.82. The lowest BCUT2D eigenvalue weighted by Gasteiger charge is -2.10. The summed E-state index contributed by atoms with van der Waals surface area (Å²) in [6, 6.07) is 26.2. The van der Waals surface area contributed by atoms with Crippen molar-refractivity contribution in [1.82, 2.24) is 0 Å². The highest BCUT2D eigenvalue weighted by Gasteiger charge is 2.12. The Morgan fingerprint density at radius 1 is 0.967 bits per heavy atom. The number of amides is 1. The van der Waals surface area contributed by atoms with Crippen LogP contribution in [0, 0.1) is 11.3 Å². The number of benzene rings is 3. The second-order valence-corrected chi connectivity index (χ2v) is 6.40. The normalized spacial score (nSPS) is 10.7. The van der Waals surface area contributed by atoms with E-state index in [4.69, 9.17) is 9.47 Å². The van der Waals surface area contributed by atoms with Crippen LogP contribution in [0.25, 0.3) is 6.08 Å². The molecule has 0 aliphatic heterocycles. The molecule has 5 heteroatoms. The number of carbonyl (C=O) groups is 1. The maximum absolute atomic E-state index is 12.5. The van der Waals surface area contributed by atoms with E-state index in [1.165, 1.54) is 0 Å². The number of ether oxygens (including phenoxy) is 2. The summed E-state index contributed by atoms with van der Waals surface area (Å²) in [5.74, 6) is 0.782. The van der Waals surface area contributed by atoms with Gasteiger partial charge in [-0.3, -0.25) is 4.79 Å². The average Bonchev–Trinajstić information content (AvgIpc) is 2.79. The van der Waals surface area contributed by atoms with Crippen molar-refractivity contribution in [3.8, 4) is 17.6 Å². The predicted octanol–water partition coefficient (Wildman–Crippen LogP) is 5.21. The van der Waals surface area contributed by atoms with Gasteiger partial charge in [-0.1, -0.05) is 54.6 Å². The minimum absolute atomic E-state index is 0.000689. The van der Waals surface area contributed by atoms with Gasteiger partial charge in [-0.15, -0.1) is 0 Å².